The number of para-hydroxylation sites is 1. The highest BCUT2D eigenvalue weighted by Crippen LogP contribution is 2.29. The lowest BCUT2D eigenvalue weighted by Gasteiger charge is -2.28. The maximum Gasteiger partial charge on any atom is 0.290 e. The molecule has 1 amide bonds. The molecule has 0 radical (unpaired) electrons. The number of benzene rings is 2. The predicted octanol–water partition coefficient (Wildman–Crippen LogP) is 3.97. The van der Waals surface area contributed by atoms with E-state index in [-0.39, 0.29) is 29.2 Å². The van der Waals surface area contributed by atoms with Crippen LogP contribution in [0.4, 0.5) is 0 Å². The Morgan fingerprint density at radius 1 is 1.17 bits per heavy atom. The van der Waals surface area contributed by atoms with Crippen LogP contribution in [0.5, 0.6) is 5.75 Å². The van der Waals surface area contributed by atoms with E-state index >= 15 is 0 Å². The van der Waals surface area contributed by atoms with Gasteiger partial charge in [0.05, 0.1) is 18.1 Å². The lowest BCUT2D eigenvalue weighted by Crippen LogP contribution is -2.40. The molecule has 1 aromatic heterocycles. The number of aryl methyl sites for hydroxylation is 1. The Morgan fingerprint density at radius 3 is 2.53 bits per heavy atom. The maximum atomic E-state index is 13.5. The minimum Gasteiger partial charge on any atom is -0.494 e. The van der Waals surface area contributed by atoms with Crippen molar-refractivity contribution in [1.29, 1.82) is 0 Å². The van der Waals surface area contributed by atoms with Crippen molar-refractivity contribution in [2.45, 2.75) is 32.9 Å². The molecule has 0 aliphatic carbocycles. The van der Waals surface area contributed by atoms with Crippen molar-refractivity contribution in [2.75, 3.05) is 18.1 Å². The number of hydrogen-bond donors (Lipinski definition) is 0. The van der Waals surface area contributed by atoms with Crippen LogP contribution in [0.25, 0.3) is 11.0 Å². The number of ether oxygens (including phenoxy) is 1. The summed E-state index contributed by atoms with van der Waals surface area (Å²) in [5, 5.41) is 0.890. The fourth-order valence-corrected chi connectivity index (χ4v) is 5.68. The van der Waals surface area contributed by atoms with Gasteiger partial charge in [0, 0.05) is 23.5 Å². The average molecular weight is 428 g/mol. The van der Waals surface area contributed by atoms with E-state index in [1.165, 1.54) is 0 Å². The van der Waals surface area contributed by atoms with Crippen molar-refractivity contribution in [3.63, 3.8) is 0 Å². The molecule has 7 heteroatoms. The van der Waals surface area contributed by atoms with Crippen molar-refractivity contribution < 1.29 is 22.4 Å². The largest absolute Gasteiger partial charge is 0.494 e. The van der Waals surface area contributed by atoms with Gasteiger partial charge in [0.25, 0.3) is 5.91 Å². The van der Waals surface area contributed by atoms with E-state index in [4.69, 9.17) is 9.15 Å². The summed E-state index contributed by atoms with van der Waals surface area (Å²) in [5.41, 5.74) is 2.33. The predicted molar refractivity (Wildman–Crippen MR) is 115 cm³/mol. The molecule has 0 bridgehead atoms. The molecule has 0 unspecified atom stereocenters. The van der Waals surface area contributed by atoms with E-state index in [9.17, 15) is 13.2 Å². The first-order valence-electron chi connectivity index (χ1n) is 10.1. The quantitative estimate of drug-likeness (QED) is 0.595. The van der Waals surface area contributed by atoms with Gasteiger partial charge in [-0.3, -0.25) is 4.79 Å². The van der Waals surface area contributed by atoms with Gasteiger partial charge < -0.3 is 14.1 Å². The molecule has 1 atom stereocenters. The number of fused-ring (bicyclic) bond motifs is 1. The molecule has 6 nitrogen and oxygen atoms in total. The van der Waals surface area contributed by atoms with Crippen molar-refractivity contribution in [2.24, 2.45) is 0 Å². The minimum absolute atomic E-state index is 0.0188. The number of hydrogen-bond acceptors (Lipinski definition) is 5. The second-order valence-electron chi connectivity index (χ2n) is 7.62. The fourth-order valence-electron chi connectivity index (χ4n) is 3.95. The Morgan fingerprint density at radius 2 is 1.90 bits per heavy atom. The molecule has 30 heavy (non-hydrogen) atoms. The lowest BCUT2D eigenvalue weighted by atomic mass is 10.1. The Labute approximate surface area is 176 Å². The molecule has 1 saturated heterocycles. The van der Waals surface area contributed by atoms with Crippen LogP contribution in [-0.4, -0.2) is 43.4 Å². The van der Waals surface area contributed by atoms with Crippen LogP contribution in [-0.2, 0) is 16.4 Å². The normalized spacial score (nSPS) is 17.9. The van der Waals surface area contributed by atoms with Crippen LogP contribution in [0.2, 0.25) is 0 Å². The van der Waals surface area contributed by atoms with Gasteiger partial charge in [0.2, 0.25) is 0 Å². The molecule has 0 N–H and O–H groups in total. The Balaban J connectivity index is 1.67. The summed E-state index contributed by atoms with van der Waals surface area (Å²) in [6.07, 6.45) is 0.435. The van der Waals surface area contributed by atoms with Crippen molar-refractivity contribution >= 4 is 26.7 Å². The van der Waals surface area contributed by atoms with Crippen molar-refractivity contribution in [3.8, 4) is 5.75 Å². The summed E-state index contributed by atoms with van der Waals surface area (Å²) >= 11 is 0. The molecule has 2 heterocycles. The third-order valence-electron chi connectivity index (χ3n) is 5.54. The Bertz CT molecular complexity index is 1160. The molecule has 2 aromatic carbocycles. The standard InChI is InChI=1S/C23H25NO5S/c1-3-28-19-10-8-17(9-11-19)14-24(18-12-13-30(26,27)15-18)23(25)22-16(2)20-6-4-5-7-21(20)29-22/h4-11,18H,3,12-15H2,1-2H3/t18-/m1/s1. The van der Waals surface area contributed by atoms with E-state index in [0.29, 0.717) is 25.2 Å². The molecular weight excluding hydrogens is 402 g/mol. The summed E-state index contributed by atoms with van der Waals surface area (Å²) < 4.78 is 35.6. The monoisotopic (exact) mass is 427 g/mol. The fraction of sp³-hybridized carbons (Fsp3) is 0.348. The van der Waals surface area contributed by atoms with Crippen LogP contribution >= 0.6 is 0 Å². The van der Waals surface area contributed by atoms with Gasteiger partial charge in [-0.25, -0.2) is 8.42 Å². The lowest BCUT2D eigenvalue weighted by molar-refractivity contribution is 0.0649. The summed E-state index contributed by atoms with van der Waals surface area (Å²) in [5.74, 6) is 0.834. The van der Waals surface area contributed by atoms with Gasteiger partial charge >= 0.3 is 0 Å². The zero-order valence-corrected chi connectivity index (χ0v) is 17.9. The Hall–Kier alpha value is -2.80. The van der Waals surface area contributed by atoms with Gasteiger partial charge in [-0.05, 0) is 44.0 Å². The molecule has 4 rings (SSSR count). The average Bonchev–Trinajstić information content (AvgIpc) is 3.26. The Kier molecular flexibility index (Phi) is 5.56. The second kappa shape index (κ2) is 8.14. The first-order chi connectivity index (χ1) is 14.4. The van der Waals surface area contributed by atoms with Gasteiger partial charge in [-0.1, -0.05) is 30.3 Å². The highest BCUT2D eigenvalue weighted by atomic mass is 32.2. The third kappa shape index (κ3) is 4.07. The van der Waals surface area contributed by atoms with Crippen LogP contribution in [0, 0.1) is 6.92 Å². The molecule has 158 valence electrons. The maximum absolute atomic E-state index is 13.5. The number of sulfone groups is 1. The van der Waals surface area contributed by atoms with Crippen LogP contribution in [0.1, 0.15) is 35.0 Å². The third-order valence-corrected chi connectivity index (χ3v) is 7.29. The zero-order valence-electron chi connectivity index (χ0n) is 17.1. The first-order valence-corrected chi connectivity index (χ1v) is 11.9. The highest BCUT2D eigenvalue weighted by Gasteiger charge is 2.36. The van der Waals surface area contributed by atoms with E-state index in [1.807, 2.05) is 62.4 Å². The van der Waals surface area contributed by atoms with Crippen LogP contribution < -0.4 is 4.74 Å². The first kappa shape index (κ1) is 20.5. The summed E-state index contributed by atoms with van der Waals surface area (Å²) in [6, 6.07) is 14.7. The number of carbonyl (C=O) groups is 1. The van der Waals surface area contributed by atoms with E-state index in [0.717, 1.165) is 22.3 Å². The summed E-state index contributed by atoms with van der Waals surface area (Å²) in [6.45, 7) is 4.67. The molecule has 1 aliphatic heterocycles. The SMILES string of the molecule is CCOc1ccc(CN(C(=O)c2oc3ccccc3c2C)[C@@H]2CCS(=O)(=O)C2)cc1. The minimum atomic E-state index is -3.14. The molecule has 1 aliphatic rings. The van der Waals surface area contributed by atoms with Gasteiger partial charge in [-0.15, -0.1) is 0 Å². The summed E-state index contributed by atoms with van der Waals surface area (Å²) in [7, 11) is -3.14. The zero-order chi connectivity index (χ0) is 21.3. The van der Waals surface area contributed by atoms with E-state index in [1.54, 1.807) is 4.90 Å². The molecular formula is C23H25NO5S. The number of rotatable bonds is 6. The molecule has 3 aromatic rings. The van der Waals surface area contributed by atoms with Crippen molar-refractivity contribution in [1.82, 2.24) is 4.90 Å². The molecule has 0 spiro atoms. The van der Waals surface area contributed by atoms with Crippen molar-refractivity contribution in [3.05, 3.63) is 65.4 Å². The van der Waals surface area contributed by atoms with E-state index < -0.39 is 9.84 Å². The van der Waals surface area contributed by atoms with Crippen LogP contribution in [0.3, 0.4) is 0 Å². The topological polar surface area (TPSA) is 76.8 Å². The smallest absolute Gasteiger partial charge is 0.290 e. The number of nitrogens with zero attached hydrogens (tertiary/aromatic N) is 1. The van der Waals surface area contributed by atoms with Crippen LogP contribution in [0.15, 0.2) is 52.9 Å². The number of amides is 1. The second-order valence-corrected chi connectivity index (χ2v) is 9.85. The van der Waals surface area contributed by atoms with Gasteiger partial charge in [-0.2, -0.15) is 0 Å². The van der Waals surface area contributed by atoms with E-state index in [2.05, 4.69) is 0 Å². The molecule has 1 fully saturated rings. The number of furan rings is 1. The van der Waals surface area contributed by atoms with Gasteiger partial charge in [0.1, 0.15) is 11.3 Å². The highest BCUT2D eigenvalue weighted by molar-refractivity contribution is 7.91. The van der Waals surface area contributed by atoms with Gasteiger partial charge in [0.15, 0.2) is 15.6 Å². The molecule has 0 saturated carbocycles. The summed E-state index contributed by atoms with van der Waals surface area (Å²) in [4.78, 5) is 15.2. The number of carbonyl (C=O) groups excluding carboxylic acids is 1.